The highest BCUT2D eigenvalue weighted by Crippen LogP contribution is 2.53. The lowest BCUT2D eigenvalue weighted by Crippen LogP contribution is -2.70. The van der Waals surface area contributed by atoms with Crippen LogP contribution in [0.25, 0.3) is 0 Å². The van der Waals surface area contributed by atoms with Gasteiger partial charge in [0.25, 0.3) is 0 Å². The van der Waals surface area contributed by atoms with Crippen LogP contribution in [0.5, 0.6) is 0 Å². The van der Waals surface area contributed by atoms with E-state index in [1.807, 2.05) is 18.2 Å². The number of carbonyl (C=O) groups is 1. The second-order valence-electron chi connectivity index (χ2n) is 10.3. The lowest BCUT2D eigenvalue weighted by atomic mass is 9.54. The lowest BCUT2D eigenvalue weighted by molar-refractivity contribution is -0.139. The number of rotatable bonds is 7. The van der Waals surface area contributed by atoms with E-state index in [2.05, 4.69) is 56.3 Å². The quantitative estimate of drug-likeness (QED) is 0.754. The molecule has 158 valence electrons. The number of hydrogen-bond donors (Lipinski definition) is 1. The van der Waals surface area contributed by atoms with E-state index in [-0.39, 0.29) is 5.91 Å². The smallest absolute Gasteiger partial charge is 0.248 e. The minimum atomic E-state index is -0.585. The number of nitrogens with one attached hydrogen (secondary N) is 1. The third-order valence-corrected chi connectivity index (χ3v) is 7.24. The van der Waals surface area contributed by atoms with Gasteiger partial charge >= 0.3 is 0 Å². The van der Waals surface area contributed by atoms with Crippen LogP contribution in [0.4, 0.5) is 0 Å². The number of carbonyl (C=O) groups excluding carboxylic acids is 1. The summed E-state index contributed by atoms with van der Waals surface area (Å²) in [6, 6.07) is 10.7. The van der Waals surface area contributed by atoms with E-state index in [9.17, 15) is 4.79 Å². The van der Waals surface area contributed by atoms with E-state index < -0.39 is 5.54 Å². The van der Waals surface area contributed by atoms with Gasteiger partial charge in [-0.05, 0) is 49.1 Å². The fourth-order valence-electron chi connectivity index (χ4n) is 6.14. The molecule has 3 aliphatic heterocycles. The predicted molar refractivity (Wildman–Crippen MR) is 119 cm³/mol. The standard InChI is InChI=1S/C25H37N3O/c1-17(2)12-22-23-21-15-27-25(22,13-20(21)10-11-28(23)16-18(3)4)24(29)26-14-19-8-6-5-7-9-19/h5-9,15,17-18,20-23H,10-14,16H2,1-4H3,(H,26,29)/t20-,21+,22+,23-,25-/m0/s1. The van der Waals surface area contributed by atoms with E-state index in [0.717, 1.165) is 24.9 Å². The van der Waals surface area contributed by atoms with Gasteiger partial charge in [0.2, 0.25) is 5.91 Å². The highest BCUT2D eigenvalue weighted by Gasteiger charge is 2.61. The van der Waals surface area contributed by atoms with Crippen molar-refractivity contribution in [1.82, 2.24) is 10.2 Å². The molecule has 5 atom stereocenters. The molecule has 1 amide bonds. The topological polar surface area (TPSA) is 44.7 Å². The molecule has 4 bridgehead atoms. The molecule has 29 heavy (non-hydrogen) atoms. The predicted octanol–water partition coefficient (Wildman–Crippen LogP) is 4.15. The van der Waals surface area contributed by atoms with Gasteiger partial charge in [-0.2, -0.15) is 0 Å². The summed E-state index contributed by atoms with van der Waals surface area (Å²) in [6.45, 7) is 12.1. The Hall–Kier alpha value is -1.68. The molecular formula is C25H37N3O. The Bertz CT molecular complexity index is 744. The molecular weight excluding hydrogens is 358 g/mol. The van der Waals surface area contributed by atoms with E-state index in [4.69, 9.17) is 4.99 Å². The van der Waals surface area contributed by atoms with Gasteiger partial charge in [0.15, 0.2) is 0 Å². The average Bonchev–Trinajstić information content (AvgIpc) is 2.70. The summed E-state index contributed by atoms with van der Waals surface area (Å²) in [7, 11) is 0. The highest BCUT2D eigenvalue weighted by molar-refractivity contribution is 5.91. The van der Waals surface area contributed by atoms with Gasteiger partial charge in [0.05, 0.1) is 0 Å². The minimum absolute atomic E-state index is 0.141. The number of piperidine rings is 1. The van der Waals surface area contributed by atoms with Crippen LogP contribution in [0.2, 0.25) is 0 Å². The molecule has 1 aromatic carbocycles. The molecule has 4 nitrogen and oxygen atoms in total. The maximum atomic E-state index is 13.7. The van der Waals surface area contributed by atoms with Crippen molar-refractivity contribution in [3.05, 3.63) is 35.9 Å². The van der Waals surface area contributed by atoms with Crippen LogP contribution >= 0.6 is 0 Å². The first kappa shape index (κ1) is 20.6. The monoisotopic (exact) mass is 395 g/mol. The fourth-order valence-corrected chi connectivity index (χ4v) is 6.14. The van der Waals surface area contributed by atoms with Crippen LogP contribution in [0, 0.1) is 29.6 Å². The molecule has 1 aliphatic carbocycles. The third kappa shape index (κ3) is 3.88. The van der Waals surface area contributed by atoms with E-state index in [0.29, 0.717) is 42.2 Å². The summed E-state index contributed by atoms with van der Waals surface area (Å²) >= 11 is 0. The van der Waals surface area contributed by atoms with Crippen LogP contribution in [0.3, 0.4) is 0 Å². The Morgan fingerprint density at radius 2 is 1.97 bits per heavy atom. The Kier molecular flexibility index (Phi) is 5.83. The van der Waals surface area contributed by atoms with Gasteiger partial charge in [-0.15, -0.1) is 0 Å². The van der Waals surface area contributed by atoms with E-state index >= 15 is 0 Å². The first-order valence-electron chi connectivity index (χ1n) is 11.5. The van der Waals surface area contributed by atoms with Crippen LogP contribution in [0.15, 0.2) is 35.3 Å². The average molecular weight is 396 g/mol. The Morgan fingerprint density at radius 3 is 2.66 bits per heavy atom. The second kappa shape index (κ2) is 8.22. The van der Waals surface area contributed by atoms with Gasteiger partial charge < -0.3 is 5.32 Å². The summed E-state index contributed by atoms with van der Waals surface area (Å²) in [4.78, 5) is 21.4. The largest absolute Gasteiger partial charge is 0.350 e. The molecule has 4 heteroatoms. The zero-order valence-electron chi connectivity index (χ0n) is 18.5. The van der Waals surface area contributed by atoms with Crippen LogP contribution < -0.4 is 5.32 Å². The number of hydrogen-bond acceptors (Lipinski definition) is 3. The molecule has 0 aromatic heterocycles. The van der Waals surface area contributed by atoms with Crippen molar-refractivity contribution in [1.29, 1.82) is 0 Å². The summed E-state index contributed by atoms with van der Waals surface area (Å²) in [5.41, 5.74) is 0.562. The molecule has 1 saturated carbocycles. The molecule has 1 N–H and O–H groups in total. The third-order valence-electron chi connectivity index (χ3n) is 7.24. The van der Waals surface area contributed by atoms with Gasteiger partial charge in [-0.1, -0.05) is 58.0 Å². The molecule has 0 unspecified atom stereocenters. The summed E-state index contributed by atoms with van der Waals surface area (Å²) in [5, 5.41) is 3.26. The number of benzene rings is 1. The van der Waals surface area contributed by atoms with Crippen LogP contribution in [0.1, 0.15) is 52.5 Å². The van der Waals surface area contributed by atoms with Crippen molar-refractivity contribution in [2.45, 2.75) is 65.1 Å². The summed E-state index contributed by atoms with van der Waals surface area (Å²) in [6.07, 6.45) is 5.36. The Morgan fingerprint density at radius 1 is 1.21 bits per heavy atom. The van der Waals surface area contributed by atoms with Gasteiger partial charge in [-0.25, -0.2) is 0 Å². The van der Waals surface area contributed by atoms with Crippen molar-refractivity contribution >= 4 is 12.1 Å². The van der Waals surface area contributed by atoms with Gasteiger partial charge in [0, 0.05) is 37.2 Å². The summed E-state index contributed by atoms with van der Waals surface area (Å²) in [5.74, 6) is 2.79. The first-order valence-corrected chi connectivity index (χ1v) is 11.5. The maximum Gasteiger partial charge on any atom is 0.248 e. The minimum Gasteiger partial charge on any atom is -0.350 e. The van der Waals surface area contributed by atoms with Crippen LogP contribution in [-0.2, 0) is 11.3 Å². The van der Waals surface area contributed by atoms with E-state index in [1.54, 1.807) is 0 Å². The molecule has 2 fully saturated rings. The molecule has 1 saturated heterocycles. The summed E-state index contributed by atoms with van der Waals surface area (Å²) < 4.78 is 0. The number of amides is 1. The number of nitrogens with zero attached hydrogens (tertiary/aromatic N) is 2. The number of aliphatic imine (C=N–C) groups is 1. The SMILES string of the molecule is CC(C)C[C@@H]1[C@@H]2[C@@H]3C=N[C@@]1(C(=O)NCc1ccccc1)C[C@@H]3CCN2CC(C)C. The second-order valence-corrected chi connectivity index (χ2v) is 10.3. The van der Waals surface area contributed by atoms with Crippen molar-refractivity contribution in [2.75, 3.05) is 13.1 Å². The molecule has 3 heterocycles. The van der Waals surface area contributed by atoms with Crippen LogP contribution in [-0.4, -0.2) is 41.7 Å². The van der Waals surface area contributed by atoms with Gasteiger partial charge in [0.1, 0.15) is 5.54 Å². The van der Waals surface area contributed by atoms with Crippen molar-refractivity contribution < 1.29 is 4.79 Å². The molecule has 0 radical (unpaired) electrons. The number of likely N-dealkylation sites (tertiary alicyclic amines) is 1. The van der Waals surface area contributed by atoms with Crippen molar-refractivity contribution in [3.8, 4) is 0 Å². The fraction of sp³-hybridized carbons (Fsp3) is 0.680. The van der Waals surface area contributed by atoms with Gasteiger partial charge in [-0.3, -0.25) is 14.7 Å². The van der Waals surface area contributed by atoms with E-state index in [1.165, 1.54) is 13.0 Å². The maximum absolute atomic E-state index is 13.7. The highest BCUT2D eigenvalue weighted by atomic mass is 16.2. The molecule has 0 spiro atoms. The zero-order chi connectivity index (χ0) is 20.6. The first-order chi connectivity index (χ1) is 13.9. The lowest BCUT2D eigenvalue weighted by Gasteiger charge is -2.60. The molecule has 5 rings (SSSR count). The Balaban J connectivity index is 1.62. The van der Waals surface area contributed by atoms with Crippen molar-refractivity contribution in [2.24, 2.45) is 34.6 Å². The zero-order valence-corrected chi connectivity index (χ0v) is 18.5. The normalized spacial score (nSPS) is 33.4. The molecule has 4 aliphatic rings. The Labute approximate surface area is 176 Å². The van der Waals surface area contributed by atoms with Crippen molar-refractivity contribution in [3.63, 3.8) is 0 Å². The molecule has 1 aromatic rings.